The second-order valence-electron chi connectivity index (χ2n) is 4.97. The van der Waals surface area contributed by atoms with Gasteiger partial charge in [-0.05, 0) is 44.4 Å². The highest BCUT2D eigenvalue weighted by atomic mass is 35.7. The summed E-state index contributed by atoms with van der Waals surface area (Å²) in [6, 6.07) is 6.07. The van der Waals surface area contributed by atoms with Gasteiger partial charge in [-0.2, -0.15) is 5.10 Å². The van der Waals surface area contributed by atoms with E-state index in [1.165, 1.54) is 0 Å². The van der Waals surface area contributed by atoms with Crippen molar-refractivity contribution in [3.63, 3.8) is 0 Å². The number of hydrogen-bond acceptors (Lipinski definition) is 3. The van der Waals surface area contributed by atoms with Crippen LogP contribution in [0.5, 0.6) is 0 Å². The Bertz CT molecular complexity index is 743. The highest BCUT2D eigenvalue weighted by Gasteiger charge is 2.22. The molecule has 0 unspecified atom stereocenters. The van der Waals surface area contributed by atoms with Crippen molar-refractivity contribution >= 4 is 19.7 Å². The van der Waals surface area contributed by atoms with E-state index < -0.39 is 9.05 Å². The maximum Gasteiger partial charge on any atom is 0.264 e. The van der Waals surface area contributed by atoms with Gasteiger partial charge in [0, 0.05) is 10.7 Å². The maximum atomic E-state index is 11.6. The van der Waals surface area contributed by atoms with E-state index in [4.69, 9.17) is 10.7 Å². The lowest BCUT2D eigenvalue weighted by atomic mass is 10.0. The standard InChI is InChI=1S/C14H17ClN2O2S/c1-9-6-5-7-10(2)13(9)8-17-12(4)14(11(3)16-17)20(15,18)19/h5-7H,8H2,1-4H3. The van der Waals surface area contributed by atoms with E-state index >= 15 is 0 Å². The van der Waals surface area contributed by atoms with E-state index in [1.807, 2.05) is 32.0 Å². The Balaban J connectivity index is 2.52. The molecular formula is C14H17ClN2O2S. The van der Waals surface area contributed by atoms with Gasteiger partial charge in [-0.1, -0.05) is 18.2 Å². The van der Waals surface area contributed by atoms with E-state index in [9.17, 15) is 8.42 Å². The van der Waals surface area contributed by atoms with Crippen LogP contribution >= 0.6 is 10.7 Å². The quantitative estimate of drug-likeness (QED) is 0.818. The van der Waals surface area contributed by atoms with Crippen molar-refractivity contribution in [1.82, 2.24) is 9.78 Å². The molecular weight excluding hydrogens is 296 g/mol. The van der Waals surface area contributed by atoms with Gasteiger partial charge in [-0.15, -0.1) is 0 Å². The molecule has 1 aromatic carbocycles. The normalized spacial score (nSPS) is 11.8. The average molecular weight is 313 g/mol. The molecule has 0 atom stereocenters. The van der Waals surface area contributed by atoms with Gasteiger partial charge < -0.3 is 0 Å². The van der Waals surface area contributed by atoms with E-state index in [0.29, 0.717) is 17.9 Å². The summed E-state index contributed by atoms with van der Waals surface area (Å²) in [5.41, 5.74) is 4.47. The predicted molar refractivity (Wildman–Crippen MR) is 79.8 cm³/mol. The summed E-state index contributed by atoms with van der Waals surface area (Å²) < 4.78 is 24.9. The van der Waals surface area contributed by atoms with Gasteiger partial charge in [0.15, 0.2) is 0 Å². The summed E-state index contributed by atoms with van der Waals surface area (Å²) >= 11 is 0. The second-order valence-corrected chi connectivity index (χ2v) is 7.47. The van der Waals surface area contributed by atoms with Crippen LogP contribution in [0.15, 0.2) is 23.1 Å². The lowest BCUT2D eigenvalue weighted by molar-refractivity contribution is 0.607. The smallest absolute Gasteiger partial charge is 0.264 e. The molecule has 0 radical (unpaired) electrons. The first kappa shape index (κ1) is 15.1. The Morgan fingerprint density at radius 3 is 2.15 bits per heavy atom. The molecule has 0 saturated carbocycles. The molecule has 1 aromatic heterocycles. The van der Waals surface area contributed by atoms with E-state index in [2.05, 4.69) is 5.10 Å². The number of aryl methyl sites for hydroxylation is 3. The summed E-state index contributed by atoms with van der Waals surface area (Å²) in [6.45, 7) is 7.99. The highest BCUT2D eigenvalue weighted by Crippen LogP contribution is 2.24. The third kappa shape index (κ3) is 2.74. The molecule has 0 N–H and O–H groups in total. The van der Waals surface area contributed by atoms with Crippen molar-refractivity contribution in [2.24, 2.45) is 0 Å². The molecule has 20 heavy (non-hydrogen) atoms. The molecule has 4 nitrogen and oxygen atoms in total. The van der Waals surface area contributed by atoms with Gasteiger partial charge in [-0.25, -0.2) is 8.42 Å². The number of benzene rings is 1. The molecule has 108 valence electrons. The number of rotatable bonds is 3. The monoisotopic (exact) mass is 312 g/mol. The number of aromatic nitrogens is 2. The summed E-state index contributed by atoms with van der Waals surface area (Å²) in [6.07, 6.45) is 0. The van der Waals surface area contributed by atoms with Gasteiger partial charge in [0.25, 0.3) is 9.05 Å². The maximum absolute atomic E-state index is 11.6. The molecule has 2 rings (SSSR count). The fraction of sp³-hybridized carbons (Fsp3) is 0.357. The van der Waals surface area contributed by atoms with Gasteiger partial charge in [0.2, 0.25) is 0 Å². The Morgan fingerprint density at radius 1 is 1.15 bits per heavy atom. The van der Waals surface area contributed by atoms with Gasteiger partial charge in [-0.3, -0.25) is 4.68 Å². The van der Waals surface area contributed by atoms with E-state index in [-0.39, 0.29) is 4.90 Å². The molecule has 2 aromatic rings. The van der Waals surface area contributed by atoms with Gasteiger partial charge in [0.05, 0.1) is 17.9 Å². The van der Waals surface area contributed by atoms with Crippen LogP contribution in [-0.2, 0) is 15.6 Å². The molecule has 1 heterocycles. The fourth-order valence-corrected chi connectivity index (χ4v) is 3.96. The van der Waals surface area contributed by atoms with Crippen molar-refractivity contribution in [1.29, 1.82) is 0 Å². The molecule has 0 amide bonds. The van der Waals surface area contributed by atoms with Crippen molar-refractivity contribution in [3.8, 4) is 0 Å². The lowest BCUT2D eigenvalue weighted by Crippen LogP contribution is -2.07. The molecule has 0 fully saturated rings. The van der Waals surface area contributed by atoms with Crippen LogP contribution < -0.4 is 0 Å². The number of nitrogens with zero attached hydrogens (tertiary/aromatic N) is 2. The molecule has 0 bridgehead atoms. The number of halogens is 1. The van der Waals surface area contributed by atoms with Crippen LogP contribution in [0.1, 0.15) is 28.1 Å². The van der Waals surface area contributed by atoms with Crippen LogP contribution in [0.25, 0.3) is 0 Å². The zero-order chi connectivity index (χ0) is 15.1. The second kappa shape index (κ2) is 5.22. The minimum atomic E-state index is -3.77. The van der Waals surface area contributed by atoms with Crippen LogP contribution in [0.2, 0.25) is 0 Å². The average Bonchev–Trinajstić information content (AvgIpc) is 2.58. The van der Waals surface area contributed by atoms with Crippen molar-refractivity contribution < 1.29 is 8.42 Å². The molecule has 0 aliphatic heterocycles. The van der Waals surface area contributed by atoms with Crippen molar-refractivity contribution in [2.45, 2.75) is 39.1 Å². The first-order valence-electron chi connectivity index (χ1n) is 6.25. The van der Waals surface area contributed by atoms with E-state index in [1.54, 1.807) is 18.5 Å². The van der Waals surface area contributed by atoms with Crippen LogP contribution in [-0.4, -0.2) is 18.2 Å². The minimum absolute atomic E-state index is 0.116. The first-order chi connectivity index (χ1) is 9.21. The largest absolute Gasteiger partial charge is 0.264 e. The third-order valence-electron chi connectivity index (χ3n) is 3.51. The molecule has 0 saturated heterocycles. The Kier molecular flexibility index (Phi) is 3.93. The summed E-state index contributed by atoms with van der Waals surface area (Å²) in [5, 5.41) is 4.31. The summed E-state index contributed by atoms with van der Waals surface area (Å²) in [4.78, 5) is 0.116. The molecule has 0 aliphatic rings. The third-order valence-corrected chi connectivity index (χ3v) is 5.05. The SMILES string of the molecule is Cc1cccc(C)c1Cn1nc(C)c(S(=O)(=O)Cl)c1C. The van der Waals surface area contributed by atoms with Crippen LogP contribution in [0.3, 0.4) is 0 Å². The molecule has 6 heteroatoms. The van der Waals surface area contributed by atoms with Crippen LogP contribution in [0, 0.1) is 27.7 Å². The highest BCUT2D eigenvalue weighted by molar-refractivity contribution is 8.13. The zero-order valence-corrected chi connectivity index (χ0v) is 13.5. The van der Waals surface area contributed by atoms with Crippen LogP contribution in [0.4, 0.5) is 0 Å². The van der Waals surface area contributed by atoms with E-state index in [0.717, 1.165) is 16.7 Å². The molecule has 0 aliphatic carbocycles. The zero-order valence-electron chi connectivity index (χ0n) is 11.9. The Morgan fingerprint density at radius 2 is 1.70 bits per heavy atom. The van der Waals surface area contributed by atoms with Crippen molar-refractivity contribution in [3.05, 3.63) is 46.3 Å². The number of hydrogen-bond donors (Lipinski definition) is 0. The topological polar surface area (TPSA) is 52.0 Å². The Labute approximate surface area is 123 Å². The fourth-order valence-electron chi connectivity index (χ4n) is 2.44. The molecule has 0 spiro atoms. The minimum Gasteiger partial charge on any atom is -0.264 e. The lowest BCUT2D eigenvalue weighted by Gasteiger charge is -2.11. The first-order valence-corrected chi connectivity index (χ1v) is 8.56. The Hall–Kier alpha value is -1.33. The van der Waals surface area contributed by atoms with Gasteiger partial charge in [0.1, 0.15) is 4.90 Å². The summed E-state index contributed by atoms with van der Waals surface area (Å²) in [7, 11) is 1.70. The summed E-state index contributed by atoms with van der Waals surface area (Å²) in [5.74, 6) is 0. The van der Waals surface area contributed by atoms with Crippen molar-refractivity contribution in [2.75, 3.05) is 0 Å². The van der Waals surface area contributed by atoms with Gasteiger partial charge >= 0.3 is 0 Å². The predicted octanol–water partition coefficient (Wildman–Crippen LogP) is 3.09.